The van der Waals surface area contributed by atoms with Crippen LogP contribution in [0, 0.1) is 0 Å². The summed E-state index contributed by atoms with van der Waals surface area (Å²) in [6.07, 6.45) is -3.11. The molecule has 0 heterocycles. The van der Waals surface area contributed by atoms with E-state index in [0.29, 0.717) is 0 Å². The number of hydrogen-bond donors (Lipinski definition) is 0. The van der Waals surface area contributed by atoms with E-state index in [-0.39, 0.29) is 22.2 Å². The number of alkyl halides is 4. The Kier molecular flexibility index (Phi) is 4.14. The van der Waals surface area contributed by atoms with Gasteiger partial charge in [0.05, 0.1) is 0 Å². The molecule has 6 heteroatoms. The topological polar surface area (TPSA) is 17.1 Å². The number of rotatable bonds is 4. The SMILES string of the molecule is O=C(c1cccc(SC(F)F)c1)C(F)F. The Hall–Kier alpha value is -1.04. The van der Waals surface area contributed by atoms with Crippen molar-refractivity contribution in [2.45, 2.75) is 17.1 Å². The molecule has 1 nitrogen and oxygen atoms in total. The molecule has 0 aliphatic heterocycles. The van der Waals surface area contributed by atoms with Crippen LogP contribution in [0.4, 0.5) is 17.6 Å². The zero-order valence-corrected chi connectivity index (χ0v) is 8.11. The molecule has 15 heavy (non-hydrogen) atoms. The number of ketones is 1. The van der Waals surface area contributed by atoms with Crippen molar-refractivity contribution in [3.05, 3.63) is 29.8 Å². The van der Waals surface area contributed by atoms with Gasteiger partial charge in [-0.15, -0.1) is 0 Å². The van der Waals surface area contributed by atoms with Gasteiger partial charge in [-0.25, -0.2) is 8.78 Å². The van der Waals surface area contributed by atoms with Crippen LogP contribution in [0.25, 0.3) is 0 Å². The zero-order chi connectivity index (χ0) is 11.4. The molecule has 0 aliphatic rings. The largest absolute Gasteiger partial charge is 0.300 e. The summed E-state index contributed by atoms with van der Waals surface area (Å²) in [4.78, 5) is 10.9. The monoisotopic (exact) mass is 238 g/mol. The number of halogens is 4. The fourth-order valence-corrected chi connectivity index (χ4v) is 1.51. The van der Waals surface area contributed by atoms with Gasteiger partial charge in [0.2, 0.25) is 5.78 Å². The first-order chi connectivity index (χ1) is 7.00. The summed E-state index contributed by atoms with van der Waals surface area (Å²) in [5.74, 6) is -3.99. The third-order valence-corrected chi connectivity index (χ3v) is 2.25. The molecular weight excluding hydrogens is 232 g/mol. The lowest BCUT2D eigenvalue weighted by Crippen LogP contribution is -2.09. The first-order valence-electron chi connectivity index (χ1n) is 3.88. The molecule has 0 radical (unpaired) electrons. The maximum Gasteiger partial charge on any atom is 0.300 e. The highest BCUT2D eigenvalue weighted by Gasteiger charge is 2.18. The molecule has 1 aromatic rings. The van der Waals surface area contributed by atoms with Gasteiger partial charge in [0.25, 0.3) is 5.76 Å². The van der Waals surface area contributed by atoms with Gasteiger partial charge in [0.15, 0.2) is 0 Å². The van der Waals surface area contributed by atoms with Gasteiger partial charge in [-0.2, -0.15) is 8.78 Å². The summed E-state index contributed by atoms with van der Waals surface area (Å²) < 4.78 is 47.9. The van der Waals surface area contributed by atoms with Crippen LogP contribution in [0.15, 0.2) is 29.2 Å². The second kappa shape index (κ2) is 5.16. The molecule has 0 saturated carbocycles. The summed E-state index contributed by atoms with van der Waals surface area (Å²) >= 11 is 0.211. The molecule has 1 aromatic carbocycles. The predicted molar refractivity (Wildman–Crippen MR) is 48.6 cm³/mol. The molecule has 0 aromatic heterocycles. The first-order valence-corrected chi connectivity index (χ1v) is 4.76. The Morgan fingerprint density at radius 1 is 1.20 bits per heavy atom. The third kappa shape index (κ3) is 3.54. The van der Waals surface area contributed by atoms with Crippen LogP contribution in [0.5, 0.6) is 0 Å². The fraction of sp³-hybridized carbons (Fsp3) is 0.222. The lowest BCUT2D eigenvalue weighted by Gasteiger charge is -2.03. The lowest BCUT2D eigenvalue weighted by atomic mass is 10.1. The number of carbonyl (C=O) groups is 1. The maximum atomic E-state index is 12.0. The van der Waals surface area contributed by atoms with Crippen LogP contribution in [-0.4, -0.2) is 18.0 Å². The third-order valence-electron chi connectivity index (χ3n) is 1.54. The summed E-state index contributed by atoms with van der Waals surface area (Å²) in [6, 6.07) is 4.83. The zero-order valence-electron chi connectivity index (χ0n) is 7.29. The van der Waals surface area contributed by atoms with E-state index in [1.54, 1.807) is 0 Å². The quantitative estimate of drug-likeness (QED) is 0.454. The Balaban J connectivity index is 2.87. The van der Waals surface area contributed by atoms with Crippen molar-refractivity contribution in [1.29, 1.82) is 0 Å². The van der Waals surface area contributed by atoms with Gasteiger partial charge < -0.3 is 0 Å². The van der Waals surface area contributed by atoms with Crippen molar-refractivity contribution in [2.75, 3.05) is 0 Å². The van der Waals surface area contributed by atoms with E-state index >= 15 is 0 Å². The Labute approximate surface area is 87.5 Å². The molecule has 0 atom stereocenters. The van der Waals surface area contributed by atoms with E-state index in [1.807, 2.05) is 0 Å². The van der Waals surface area contributed by atoms with Crippen molar-refractivity contribution in [3.8, 4) is 0 Å². The van der Waals surface area contributed by atoms with Gasteiger partial charge >= 0.3 is 6.43 Å². The van der Waals surface area contributed by atoms with E-state index in [1.165, 1.54) is 18.2 Å². The molecule has 0 N–H and O–H groups in total. The minimum Gasteiger partial charge on any atom is -0.288 e. The fourth-order valence-electron chi connectivity index (χ4n) is 0.952. The average Bonchev–Trinajstić information content (AvgIpc) is 2.16. The van der Waals surface area contributed by atoms with E-state index in [2.05, 4.69) is 0 Å². The van der Waals surface area contributed by atoms with E-state index < -0.39 is 18.0 Å². The van der Waals surface area contributed by atoms with Crippen molar-refractivity contribution < 1.29 is 22.4 Å². The van der Waals surface area contributed by atoms with Crippen LogP contribution in [0.1, 0.15) is 10.4 Å². The van der Waals surface area contributed by atoms with Gasteiger partial charge in [-0.05, 0) is 12.1 Å². The summed E-state index contributed by atoms with van der Waals surface area (Å²) in [5, 5.41) is 0. The molecule has 0 saturated heterocycles. The number of thioether (sulfide) groups is 1. The number of carbonyl (C=O) groups excluding carboxylic acids is 1. The first kappa shape index (κ1) is 12.0. The van der Waals surface area contributed by atoms with Crippen LogP contribution in [0.3, 0.4) is 0 Å². The van der Waals surface area contributed by atoms with Crippen LogP contribution in [0.2, 0.25) is 0 Å². The Bertz CT molecular complexity index is 354. The van der Waals surface area contributed by atoms with Gasteiger partial charge in [0, 0.05) is 10.5 Å². The molecular formula is C9H6F4OS. The molecule has 0 amide bonds. The summed E-state index contributed by atoms with van der Waals surface area (Å²) in [7, 11) is 0. The molecule has 0 fully saturated rings. The van der Waals surface area contributed by atoms with Gasteiger partial charge in [0.1, 0.15) is 0 Å². The van der Waals surface area contributed by atoms with Crippen molar-refractivity contribution >= 4 is 17.5 Å². The van der Waals surface area contributed by atoms with Crippen LogP contribution in [-0.2, 0) is 0 Å². The number of Topliss-reactive ketones (excluding diaryl/α,β-unsaturated/α-hetero) is 1. The van der Waals surface area contributed by atoms with E-state index in [4.69, 9.17) is 0 Å². The standard InChI is InChI=1S/C9H6F4OS/c10-8(11)7(14)5-2-1-3-6(4-5)15-9(12)13/h1-4,8-9H. The number of benzene rings is 1. The summed E-state index contributed by atoms with van der Waals surface area (Å²) in [5.41, 5.74) is -0.254. The van der Waals surface area contributed by atoms with E-state index in [9.17, 15) is 22.4 Å². The second-order valence-electron chi connectivity index (χ2n) is 2.57. The molecule has 0 aliphatic carbocycles. The molecule has 1 rings (SSSR count). The highest BCUT2D eigenvalue weighted by molar-refractivity contribution is 7.99. The Morgan fingerprint density at radius 3 is 2.40 bits per heavy atom. The van der Waals surface area contributed by atoms with Gasteiger partial charge in [-0.1, -0.05) is 23.9 Å². The van der Waals surface area contributed by atoms with Crippen LogP contribution >= 0.6 is 11.8 Å². The normalized spacial score (nSPS) is 11.1. The molecule has 0 unspecified atom stereocenters. The Morgan fingerprint density at radius 2 is 1.87 bits per heavy atom. The van der Waals surface area contributed by atoms with Crippen LogP contribution < -0.4 is 0 Å². The van der Waals surface area contributed by atoms with Crippen molar-refractivity contribution in [1.82, 2.24) is 0 Å². The molecule has 0 spiro atoms. The van der Waals surface area contributed by atoms with E-state index in [0.717, 1.165) is 6.07 Å². The molecule has 0 bridgehead atoms. The highest BCUT2D eigenvalue weighted by atomic mass is 32.2. The van der Waals surface area contributed by atoms with Gasteiger partial charge in [-0.3, -0.25) is 4.79 Å². The average molecular weight is 238 g/mol. The van der Waals surface area contributed by atoms with Crippen molar-refractivity contribution in [3.63, 3.8) is 0 Å². The minimum absolute atomic E-state index is 0.0940. The lowest BCUT2D eigenvalue weighted by molar-refractivity contribution is 0.0678. The maximum absolute atomic E-state index is 12.0. The second-order valence-corrected chi connectivity index (χ2v) is 3.63. The highest BCUT2D eigenvalue weighted by Crippen LogP contribution is 2.26. The smallest absolute Gasteiger partial charge is 0.288 e. The summed E-state index contributed by atoms with van der Waals surface area (Å²) in [6.45, 7) is 0. The number of hydrogen-bond acceptors (Lipinski definition) is 2. The molecule has 82 valence electrons. The predicted octanol–water partition coefficient (Wildman–Crippen LogP) is 3.45. The van der Waals surface area contributed by atoms with Crippen molar-refractivity contribution in [2.24, 2.45) is 0 Å². The minimum atomic E-state index is -3.11.